The predicted molar refractivity (Wildman–Crippen MR) is 85.8 cm³/mol. The minimum absolute atomic E-state index is 0.0652. The minimum Gasteiger partial charge on any atom is -0.326 e. The zero-order chi connectivity index (χ0) is 14.9. The molecule has 106 valence electrons. The van der Waals surface area contributed by atoms with E-state index in [9.17, 15) is 4.79 Å². The van der Waals surface area contributed by atoms with Crippen LogP contribution in [0.3, 0.4) is 0 Å². The van der Waals surface area contributed by atoms with Crippen LogP contribution in [-0.2, 0) is 4.79 Å². The van der Waals surface area contributed by atoms with Crippen LogP contribution in [-0.4, -0.2) is 16.6 Å². The maximum Gasteiger partial charge on any atom is 0.221 e. The second-order valence-electron chi connectivity index (χ2n) is 4.91. The topological polar surface area (TPSA) is 66.4 Å². The number of carbonyl (C=O) groups excluding carboxylic acids is 1. The van der Waals surface area contributed by atoms with E-state index in [1.807, 2.05) is 33.8 Å². The quantitative estimate of drug-likeness (QED) is 0.669. The Morgan fingerprint density at radius 3 is 2.60 bits per heavy atom. The van der Waals surface area contributed by atoms with E-state index in [2.05, 4.69) is 20.8 Å². The van der Waals surface area contributed by atoms with Crippen LogP contribution in [0.1, 0.15) is 31.9 Å². The van der Waals surface area contributed by atoms with Crippen LogP contribution >= 0.6 is 11.3 Å². The molecule has 1 aromatic carbocycles. The van der Waals surface area contributed by atoms with Crippen LogP contribution in [0, 0.1) is 13.8 Å². The molecule has 0 fully saturated rings. The molecule has 1 amide bonds. The van der Waals surface area contributed by atoms with Crippen molar-refractivity contribution in [3.05, 3.63) is 17.2 Å². The summed E-state index contributed by atoms with van der Waals surface area (Å²) in [5.41, 5.74) is 7.73. The Bertz CT molecular complexity index is 699. The van der Waals surface area contributed by atoms with E-state index >= 15 is 0 Å². The molecule has 1 aromatic heterocycles. The summed E-state index contributed by atoms with van der Waals surface area (Å²) in [6, 6.07) is 1.98. The first-order valence-electron chi connectivity index (χ1n) is 6.33. The maximum absolute atomic E-state index is 11.3. The largest absolute Gasteiger partial charge is 0.326 e. The van der Waals surface area contributed by atoms with Gasteiger partial charge in [-0.3, -0.25) is 10.2 Å². The number of hydrazone groups is 1. The maximum atomic E-state index is 11.3. The molecule has 6 heteroatoms. The molecule has 0 aliphatic rings. The predicted octanol–water partition coefficient (Wildman–Crippen LogP) is 3.68. The number of nitrogens with zero attached hydrogens (tertiary/aromatic N) is 2. The summed E-state index contributed by atoms with van der Waals surface area (Å²) in [5, 5.41) is 7.80. The molecule has 0 saturated heterocycles. The Morgan fingerprint density at radius 2 is 2.00 bits per heavy atom. The summed E-state index contributed by atoms with van der Waals surface area (Å²) in [6.45, 7) is 9.33. The molecule has 1 heterocycles. The van der Waals surface area contributed by atoms with Gasteiger partial charge < -0.3 is 5.32 Å². The van der Waals surface area contributed by atoms with E-state index in [0.29, 0.717) is 0 Å². The molecular formula is C14H18N4OS. The highest BCUT2D eigenvalue weighted by Crippen LogP contribution is 2.35. The first-order valence-corrected chi connectivity index (χ1v) is 7.15. The third kappa shape index (κ3) is 2.96. The summed E-state index contributed by atoms with van der Waals surface area (Å²) in [6.07, 6.45) is 0. The van der Waals surface area contributed by atoms with Crippen molar-refractivity contribution in [1.29, 1.82) is 0 Å². The molecule has 20 heavy (non-hydrogen) atoms. The molecule has 0 saturated carbocycles. The summed E-state index contributed by atoms with van der Waals surface area (Å²) in [7, 11) is 0. The fraction of sp³-hybridized carbons (Fsp3) is 0.357. The number of aryl methyl sites for hydroxylation is 2. The standard InChI is InChI=1S/C14H18N4OS/c1-7(2)17-18-14-16-11-6-8(3)12(15-10(5)19)9(4)13(11)20-14/h6H,1-5H3,(H,15,19)(H,16,18). The average molecular weight is 290 g/mol. The fourth-order valence-electron chi connectivity index (χ4n) is 1.96. The van der Waals surface area contributed by atoms with Gasteiger partial charge in [-0.15, -0.1) is 0 Å². The van der Waals surface area contributed by atoms with Gasteiger partial charge in [0.25, 0.3) is 0 Å². The van der Waals surface area contributed by atoms with Gasteiger partial charge in [0, 0.05) is 18.3 Å². The lowest BCUT2D eigenvalue weighted by Gasteiger charge is -2.10. The number of rotatable bonds is 3. The van der Waals surface area contributed by atoms with Crippen molar-refractivity contribution in [2.45, 2.75) is 34.6 Å². The Hall–Kier alpha value is -1.95. The molecule has 0 spiro atoms. The smallest absolute Gasteiger partial charge is 0.221 e. The SMILES string of the molecule is CC(=O)Nc1c(C)cc2nc(NN=C(C)C)sc2c1C. The molecule has 5 nitrogen and oxygen atoms in total. The summed E-state index contributed by atoms with van der Waals surface area (Å²) in [5.74, 6) is -0.0652. The highest BCUT2D eigenvalue weighted by Gasteiger charge is 2.13. The normalized spacial score (nSPS) is 10.4. The number of carbonyl (C=O) groups is 1. The van der Waals surface area contributed by atoms with Crippen molar-refractivity contribution in [3.8, 4) is 0 Å². The van der Waals surface area contributed by atoms with Gasteiger partial charge in [0.2, 0.25) is 11.0 Å². The van der Waals surface area contributed by atoms with Crippen molar-refractivity contribution in [1.82, 2.24) is 4.98 Å². The van der Waals surface area contributed by atoms with Crippen LogP contribution < -0.4 is 10.7 Å². The zero-order valence-electron chi connectivity index (χ0n) is 12.3. The minimum atomic E-state index is -0.0652. The van der Waals surface area contributed by atoms with Gasteiger partial charge in [0.1, 0.15) is 0 Å². The van der Waals surface area contributed by atoms with E-state index in [4.69, 9.17) is 0 Å². The number of fused-ring (bicyclic) bond motifs is 1. The fourth-order valence-corrected chi connectivity index (χ4v) is 2.85. The van der Waals surface area contributed by atoms with Crippen LogP contribution in [0.15, 0.2) is 11.2 Å². The monoisotopic (exact) mass is 290 g/mol. The number of hydrogen-bond donors (Lipinski definition) is 2. The third-order valence-electron chi connectivity index (χ3n) is 2.79. The van der Waals surface area contributed by atoms with Crippen molar-refractivity contribution in [2.75, 3.05) is 10.7 Å². The Balaban J connectivity index is 2.49. The molecule has 0 aliphatic carbocycles. The van der Waals surface area contributed by atoms with Gasteiger partial charge in [-0.05, 0) is 44.9 Å². The first kappa shape index (κ1) is 14.5. The molecule has 0 radical (unpaired) electrons. The lowest BCUT2D eigenvalue weighted by Crippen LogP contribution is -2.08. The molecular weight excluding hydrogens is 272 g/mol. The number of hydrogen-bond acceptors (Lipinski definition) is 5. The van der Waals surface area contributed by atoms with Gasteiger partial charge in [-0.25, -0.2) is 4.98 Å². The number of benzene rings is 1. The van der Waals surface area contributed by atoms with Crippen molar-refractivity contribution in [3.63, 3.8) is 0 Å². The first-order chi connectivity index (χ1) is 9.38. The van der Waals surface area contributed by atoms with E-state index in [1.54, 1.807) is 0 Å². The van der Waals surface area contributed by atoms with Gasteiger partial charge >= 0.3 is 0 Å². The molecule has 0 aliphatic heterocycles. The molecule has 0 bridgehead atoms. The molecule has 2 N–H and O–H groups in total. The summed E-state index contributed by atoms with van der Waals surface area (Å²) >= 11 is 1.54. The zero-order valence-corrected chi connectivity index (χ0v) is 13.1. The van der Waals surface area contributed by atoms with Gasteiger partial charge in [0.05, 0.1) is 10.2 Å². The summed E-state index contributed by atoms with van der Waals surface area (Å²) < 4.78 is 1.06. The van der Waals surface area contributed by atoms with Crippen LogP contribution in [0.2, 0.25) is 0 Å². The molecule has 2 aromatic rings. The lowest BCUT2D eigenvalue weighted by atomic mass is 10.1. The number of anilines is 2. The highest BCUT2D eigenvalue weighted by molar-refractivity contribution is 7.22. The second-order valence-corrected chi connectivity index (χ2v) is 5.91. The number of aromatic nitrogens is 1. The molecule has 0 atom stereocenters. The Kier molecular flexibility index (Phi) is 4.04. The third-order valence-corrected chi connectivity index (χ3v) is 3.89. The number of nitrogens with one attached hydrogen (secondary N) is 2. The lowest BCUT2D eigenvalue weighted by molar-refractivity contribution is -0.114. The van der Waals surface area contributed by atoms with Crippen molar-refractivity contribution < 1.29 is 4.79 Å². The van der Waals surface area contributed by atoms with E-state index in [0.717, 1.165) is 37.9 Å². The Morgan fingerprint density at radius 1 is 1.30 bits per heavy atom. The van der Waals surface area contributed by atoms with E-state index in [-0.39, 0.29) is 5.91 Å². The second kappa shape index (κ2) is 5.58. The summed E-state index contributed by atoms with van der Waals surface area (Å²) in [4.78, 5) is 15.8. The average Bonchev–Trinajstić information content (AvgIpc) is 2.75. The van der Waals surface area contributed by atoms with Crippen LogP contribution in [0.4, 0.5) is 10.8 Å². The van der Waals surface area contributed by atoms with Gasteiger partial charge in [-0.1, -0.05) is 11.3 Å². The van der Waals surface area contributed by atoms with Crippen molar-refractivity contribution in [2.24, 2.45) is 5.10 Å². The van der Waals surface area contributed by atoms with Crippen LogP contribution in [0.5, 0.6) is 0 Å². The Labute approximate surface area is 122 Å². The van der Waals surface area contributed by atoms with E-state index < -0.39 is 0 Å². The molecule has 0 unspecified atom stereocenters. The number of thiazole rings is 1. The molecule has 2 rings (SSSR count). The van der Waals surface area contributed by atoms with E-state index in [1.165, 1.54) is 18.3 Å². The van der Waals surface area contributed by atoms with Crippen LogP contribution in [0.25, 0.3) is 10.2 Å². The van der Waals surface area contributed by atoms with Gasteiger partial charge in [0.15, 0.2) is 0 Å². The van der Waals surface area contributed by atoms with Crippen molar-refractivity contribution >= 4 is 44.0 Å². The highest BCUT2D eigenvalue weighted by atomic mass is 32.1. The van der Waals surface area contributed by atoms with Gasteiger partial charge in [-0.2, -0.15) is 5.10 Å². The number of amides is 1.